The Bertz CT molecular complexity index is 490. The molecule has 1 fully saturated rings. The van der Waals surface area contributed by atoms with Crippen LogP contribution in [0.25, 0.3) is 0 Å². The largest absolute Gasteiger partial charge is 0.337 e. The molecule has 1 aliphatic heterocycles. The van der Waals surface area contributed by atoms with Gasteiger partial charge in [0.1, 0.15) is 0 Å². The maximum atomic E-state index is 12.8. The Kier molecular flexibility index (Phi) is 5.40. The highest BCUT2D eigenvalue weighted by molar-refractivity contribution is 5.94. The van der Waals surface area contributed by atoms with Crippen molar-refractivity contribution in [1.82, 2.24) is 10.2 Å². The van der Waals surface area contributed by atoms with Gasteiger partial charge in [0.15, 0.2) is 0 Å². The summed E-state index contributed by atoms with van der Waals surface area (Å²) >= 11 is 0. The second-order valence-electron chi connectivity index (χ2n) is 6.70. The average molecular weight is 288 g/mol. The highest BCUT2D eigenvalue weighted by atomic mass is 16.2. The van der Waals surface area contributed by atoms with E-state index in [0.29, 0.717) is 12.0 Å². The smallest absolute Gasteiger partial charge is 0.253 e. The molecule has 2 rings (SSSR count). The maximum absolute atomic E-state index is 12.8. The highest BCUT2D eigenvalue weighted by Gasteiger charge is 2.23. The molecule has 3 heteroatoms. The van der Waals surface area contributed by atoms with Gasteiger partial charge in [0.25, 0.3) is 5.91 Å². The van der Waals surface area contributed by atoms with Crippen molar-refractivity contribution in [3.8, 4) is 0 Å². The number of hydrogen-bond acceptors (Lipinski definition) is 2. The zero-order valence-electron chi connectivity index (χ0n) is 13.8. The van der Waals surface area contributed by atoms with Gasteiger partial charge in [-0.25, -0.2) is 0 Å². The summed E-state index contributed by atoms with van der Waals surface area (Å²) in [5.74, 6) is 0.655. The molecule has 1 N–H and O–H groups in total. The molecule has 0 aliphatic carbocycles. The minimum Gasteiger partial charge on any atom is -0.337 e. The summed E-state index contributed by atoms with van der Waals surface area (Å²) in [5.41, 5.74) is 3.24. The van der Waals surface area contributed by atoms with Crippen LogP contribution in [0.2, 0.25) is 0 Å². The molecule has 1 aromatic carbocycles. The molecule has 1 heterocycles. The Morgan fingerprint density at radius 2 is 2.10 bits per heavy atom. The van der Waals surface area contributed by atoms with Crippen molar-refractivity contribution < 1.29 is 4.79 Å². The van der Waals surface area contributed by atoms with Crippen LogP contribution in [0.5, 0.6) is 0 Å². The van der Waals surface area contributed by atoms with Gasteiger partial charge in [0.05, 0.1) is 0 Å². The molecule has 0 saturated carbocycles. The number of nitrogens with one attached hydrogen (secondary N) is 1. The number of carbonyl (C=O) groups excluding carboxylic acids is 1. The summed E-state index contributed by atoms with van der Waals surface area (Å²) in [7, 11) is 0. The number of hydrogen-bond donors (Lipinski definition) is 1. The van der Waals surface area contributed by atoms with Crippen molar-refractivity contribution in [2.45, 2.75) is 46.6 Å². The normalized spacial score (nSPS) is 18.2. The zero-order valence-corrected chi connectivity index (χ0v) is 13.8. The monoisotopic (exact) mass is 288 g/mol. The number of amides is 1. The Hall–Kier alpha value is -1.35. The molecular formula is C18H28N2O. The second-order valence-corrected chi connectivity index (χ2v) is 6.70. The van der Waals surface area contributed by atoms with E-state index in [2.05, 4.69) is 33.0 Å². The predicted molar refractivity (Wildman–Crippen MR) is 87.7 cm³/mol. The van der Waals surface area contributed by atoms with E-state index in [4.69, 9.17) is 0 Å². The molecule has 1 aromatic rings. The Morgan fingerprint density at radius 3 is 2.67 bits per heavy atom. The lowest BCUT2D eigenvalue weighted by molar-refractivity contribution is 0.0721. The van der Waals surface area contributed by atoms with Crippen LogP contribution < -0.4 is 5.32 Å². The number of benzene rings is 1. The quantitative estimate of drug-likeness (QED) is 0.902. The minimum atomic E-state index is 0.167. The van der Waals surface area contributed by atoms with Gasteiger partial charge in [-0.2, -0.15) is 0 Å². The maximum Gasteiger partial charge on any atom is 0.253 e. The number of nitrogens with zero attached hydrogens (tertiary/aromatic N) is 1. The third-order valence-electron chi connectivity index (χ3n) is 4.23. The fraction of sp³-hybridized carbons (Fsp3) is 0.611. The molecule has 116 valence electrons. The Morgan fingerprint density at radius 1 is 1.33 bits per heavy atom. The molecule has 0 spiro atoms. The molecule has 1 saturated heterocycles. The van der Waals surface area contributed by atoms with E-state index < -0.39 is 0 Å². The first-order valence-electron chi connectivity index (χ1n) is 8.07. The van der Waals surface area contributed by atoms with E-state index in [9.17, 15) is 4.79 Å². The average Bonchev–Trinajstić information content (AvgIpc) is 2.93. The fourth-order valence-electron chi connectivity index (χ4n) is 2.92. The van der Waals surface area contributed by atoms with Crippen LogP contribution in [-0.4, -0.2) is 36.5 Å². The molecule has 21 heavy (non-hydrogen) atoms. The third-order valence-corrected chi connectivity index (χ3v) is 4.23. The first-order valence-corrected chi connectivity index (χ1v) is 8.07. The number of rotatable bonds is 5. The van der Waals surface area contributed by atoms with Gasteiger partial charge in [-0.15, -0.1) is 0 Å². The van der Waals surface area contributed by atoms with E-state index in [1.807, 2.05) is 23.1 Å². The molecule has 1 atom stereocenters. The lowest BCUT2D eigenvalue weighted by Gasteiger charge is -2.28. The topological polar surface area (TPSA) is 32.3 Å². The van der Waals surface area contributed by atoms with Crippen molar-refractivity contribution in [3.05, 3.63) is 34.9 Å². The van der Waals surface area contributed by atoms with Crippen LogP contribution in [-0.2, 0) is 0 Å². The van der Waals surface area contributed by atoms with Crippen LogP contribution in [0.4, 0.5) is 0 Å². The van der Waals surface area contributed by atoms with Gasteiger partial charge >= 0.3 is 0 Å². The predicted octanol–water partition coefficient (Wildman–Crippen LogP) is 3.15. The molecule has 0 bridgehead atoms. The van der Waals surface area contributed by atoms with Crippen molar-refractivity contribution in [3.63, 3.8) is 0 Å². The molecule has 0 aromatic heterocycles. The summed E-state index contributed by atoms with van der Waals surface area (Å²) in [6.07, 6.45) is 2.40. The van der Waals surface area contributed by atoms with Gasteiger partial charge in [-0.3, -0.25) is 4.79 Å². The molecule has 1 amide bonds. The summed E-state index contributed by atoms with van der Waals surface area (Å²) < 4.78 is 0. The van der Waals surface area contributed by atoms with E-state index in [0.717, 1.165) is 25.2 Å². The van der Waals surface area contributed by atoms with E-state index in [1.54, 1.807) is 0 Å². The summed E-state index contributed by atoms with van der Waals surface area (Å²) in [5, 5.41) is 3.49. The lowest BCUT2D eigenvalue weighted by atomic mass is 10.0. The number of carbonyl (C=O) groups is 1. The molecule has 3 nitrogen and oxygen atoms in total. The first kappa shape index (κ1) is 16.0. The minimum absolute atomic E-state index is 0.167. The van der Waals surface area contributed by atoms with Crippen molar-refractivity contribution in [2.75, 3.05) is 19.6 Å². The molecule has 0 radical (unpaired) electrons. The molecule has 1 unspecified atom stereocenters. The summed E-state index contributed by atoms with van der Waals surface area (Å²) in [4.78, 5) is 14.9. The second kappa shape index (κ2) is 7.08. The standard InChI is InChI=1S/C18H28N2O/c1-13(2)11-20(12-17-6-5-9-19-17)18(21)16-8-7-14(3)15(4)10-16/h7-8,10,13,17,19H,5-6,9,11-12H2,1-4H3. The van der Waals surface area contributed by atoms with E-state index in [1.165, 1.54) is 24.0 Å². The molecular weight excluding hydrogens is 260 g/mol. The third kappa shape index (κ3) is 4.31. The van der Waals surface area contributed by atoms with Crippen LogP contribution in [0.15, 0.2) is 18.2 Å². The van der Waals surface area contributed by atoms with Gasteiger partial charge in [-0.1, -0.05) is 19.9 Å². The highest BCUT2D eigenvalue weighted by Crippen LogP contribution is 2.15. The first-order chi connectivity index (χ1) is 9.97. The van der Waals surface area contributed by atoms with Gasteiger partial charge in [0.2, 0.25) is 0 Å². The van der Waals surface area contributed by atoms with Crippen LogP contribution in [0.1, 0.15) is 48.2 Å². The fourth-order valence-corrected chi connectivity index (χ4v) is 2.92. The van der Waals surface area contributed by atoms with Crippen molar-refractivity contribution in [1.29, 1.82) is 0 Å². The Labute approximate surface area is 128 Å². The Balaban J connectivity index is 2.13. The van der Waals surface area contributed by atoms with Crippen LogP contribution in [0.3, 0.4) is 0 Å². The van der Waals surface area contributed by atoms with Crippen molar-refractivity contribution >= 4 is 5.91 Å². The zero-order chi connectivity index (χ0) is 15.4. The van der Waals surface area contributed by atoms with Crippen molar-refractivity contribution in [2.24, 2.45) is 5.92 Å². The van der Waals surface area contributed by atoms with Crippen LogP contribution >= 0.6 is 0 Å². The van der Waals surface area contributed by atoms with E-state index in [-0.39, 0.29) is 5.91 Å². The van der Waals surface area contributed by atoms with Gasteiger partial charge in [0, 0.05) is 24.7 Å². The SMILES string of the molecule is Cc1ccc(C(=O)N(CC(C)C)CC2CCCN2)cc1C. The van der Waals surface area contributed by atoms with Gasteiger partial charge < -0.3 is 10.2 Å². The lowest BCUT2D eigenvalue weighted by Crippen LogP contribution is -2.42. The summed E-state index contributed by atoms with van der Waals surface area (Å²) in [6, 6.07) is 6.48. The van der Waals surface area contributed by atoms with E-state index >= 15 is 0 Å². The summed E-state index contributed by atoms with van der Waals surface area (Å²) in [6.45, 7) is 11.2. The van der Waals surface area contributed by atoms with Crippen LogP contribution in [0, 0.1) is 19.8 Å². The molecule has 1 aliphatic rings. The van der Waals surface area contributed by atoms with Gasteiger partial charge in [-0.05, 0) is 62.4 Å². The number of aryl methyl sites for hydroxylation is 2.